The van der Waals surface area contributed by atoms with Crippen LogP contribution in [0.3, 0.4) is 0 Å². The van der Waals surface area contributed by atoms with Gasteiger partial charge in [0, 0.05) is 23.5 Å². The molecule has 0 bridgehead atoms. The Morgan fingerprint density at radius 1 is 1.23 bits per heavy atom. The quantitative estimate of drug-likeness (QED) is 0.515. The van der Waals surface area contributed by atoms with Crippen molar-refractivity contribution in [1.29, 1.82) is 0 Å². The van der Waals surface area contributed by atoms with Gasteiger partial charge in [0.05, 0.1) is 11.1 Å². The third-order valence-electron chi connectivity index (χ3n) is 3.89. The second-order valence-corrected chi connectivity index (χ2v) is 6.33. The lowest BCUT2D eigenvalue weighted by Gasteiger charge is -2.03. The molecule has 0 saturated heterocycles. The summed E-state index contributed by atoms with van der Waals surface area (Å²) in [5.74, 6) is -0.892. The van der Waals surface area contributed by atoms with Gasteiger partial charge in [-0.3, -0.25) is 4.79 Å². The van der Waals surface area contributed by atoms with E-state index in [2.05, 4.69) is 4.98 Å². The van der Waals surface area contributed by atoms with E-state index >= 15 is 0 Å². The largest absolute Gasteiger partial charge is 0.453 e. The SMILES string of the molecule is Cc1ccc2nc(COC(=O)c3cc(=O)c4cc(Cl)ccc4o3)cn2c1. The zero-order valence-electron chi connectivity index (χ0n) is 13.7. The summed E-state index contributed by atoms with van der Waals surface area (Å²) in [6, 6.07) is 9.56. The van der Waals surface area contributed by atoms with Gasteiger partial charge in [-0.05, 0) is 36.8 Å². The number of aryl methyl sites for hydroxylation is 1. The number of rotatable bonds is 3. The molecule has 0 saturated carbocycles. The maximum Gasteiger partial charge on any atom is 0.374 e. The molecular weight excluding hydrogens is 356 g/mol. The number of nitrogens with zero attached hydrogens (tertiary/aromatic N) is 2. The van der Waals surface area contributed by atoms with Crippen LogP contribution in [-0.2, 0) is 11.3 Å². The lowest BCUT2D eigenvalue weighted by atomic mass is 10.2. The van der Waals surface area contributed by atoms with Crippen LogP contribution in [0.4, 0.5) is 0 Å². The van der Waals surface area contributed by atoms with Gasteiger partial charge in [-0.15, -0.1) is 0 Å². The van der Waals surface area contributed by atoms with Gasteiger partial charge < -0.3 is 13.6 Å². The maximum absolute atomic E-state index is 12.2. The first-order valence-electron chi connectivity index (χ1n) is 7.84. The van der Waals surface area contributed by atoms with Crippen LogP contribution < -0.4 is 5.43 Å². The molecule has 4 aromatic rings. The van der Waals surface area contributed by atoms with Crippen molar-refractivity contribution >= 4 is 34.2 Å². The molecular formula is C19H13ClN2O4. The highest BCUT2D eigenvalue weighted by Crippen LogP contribution is 2.18. The number of hydrogen-bond acceptors (Lipinski definition) is 5. The van der Waals surface area contributed by atoms with Crippen molar-refractivity contribution in [3.63, 3.8) is 0 Å². The summed E-state index contributed by atoms with van der Waals surface area (Å²) in [6.45, 7) is 1.95. The highest BCUT2D eigenvalue weighted by molar-refractivity contribution is 6.31. The average Bonchev–Trinajstić information content (AvgIpc) is 3.02. The smallest absolute Gasteiger partial charge is 0.374 e. The molecule has 6 nitrogen and oxygen atoms in total. The first-order chi connectivity index (χ1) is 12.5. The standard InChI is InChI=1S/C19H13ClN2O4/c1-11-2-5-18-21-13(9-22(18)8-11)10-25-19(24)17-7-15(23)14-6-12(20)3-4-16(14)26-17/h2-9H,10H2,1H3. The number of esters is 1. The molecule has 7 heteroatoms. The summed E-state index contributed by atoms with van der Waals surface area (Å²) in [7, 11) is 0. The number of hydrogen-bond donors (Lipinski definition) is 0. The number of imidazole rings is 1. The monoisotopic (exact) mass is 368 g/mol. The van der Waals surface area contributed by atoms with E-state index in [0.717, 1.165) is 17.3 Å². The van der Waals surface area contributed by atoms with E-state index in [1.165, 1.54) is 6.07 Å². The van der Waals surface area contributed by atoms with E-state index in [0.29, 0.717) is 16.1 Å². The Kier molecular flexibility index (Phi) is 3.97. The summed E-state index contributed by atoms with van der Waals surface area (Å²) in [4.78, 5) is 28.7. The van der Waals surface area contributed by atoms with Crippen molar-refractivity contribution in [1.82, 2.24) is 9.38 Å². The van der Waals surface area contributed by atoms with Gasteiger partial charge in [-0.25, -0.2) is 9.78 Å². The Morgan fingerprint density at radius 2 is 2.08 bits per heavy atom. The van der Waals surface area contributed by atoms with E-state index in [4.69, 9.17) is 20.8 Å². The molecule has 3 aromatic heterocycles. The van der Waals surface area contributed by atoms with Crippen LogP contribution in [0.25, 0.3) is 16.6 Å². The van der Waals surface area contributed by atoms with Gasteiger partial charge in [0.15, 0.2) is 5.43 Å². The van der Waals surface area contributed by atoms with Crippen LogP contribution >= 0.6 is 11.6 Å². The van der Waals surface area contributed by atoms with Gasteiger partial charge in [-0.2, -0.15) is 0 Å². The molecule has 0 atom stereocenters. The first kappa shape index (κ1) is 16.4. The van der Waals surface area contributed by atoms with Gasteiger partial charge in [0.2, 0.25) is 5.76 Å². The van der Waals surface area contributed by atoms with Crippen molar-refractivity contribution in [2.45, 2.75) is 13.5 Å². The third-order valence-corrected chi connectivity index (χ3v) is 4.13. The molecule has 4 rings (SSSR count). The van der Waals surface area contributed by atoms with Gasteiger partial charge in [0.1, 0.15) is 17.8 Å². The first-order valence-corrected chi connectivity index (χ1v) is 8.22. The predicted octanol–water partition coefficient (Wildman–Crippen LogP) is 3.76. The molecule has 0 aliphatic rings. The van der Waals surface area contributed by atoms with E-state index < -0.39 is 5.97 Å². The Bertz CT molecular complexity index is 1210. The molecule has 0 radical (unpaired) electrons. The van der Waals surface area contributed by atoms with Crippen molar-refractivity contribution in [2.75, 3.05) is 0 Å². The molecule has 130 valence electrons. The van der Waals surface area contributed by atoms with Crippen molar-refractivity contribution in [2.24, 2.45) is 0 Å². The van der Waals surface area contributed by atoms with E-state index in [1.54, 1.807) is 18.3 Å². The second kappa shape index (κ2) is 6.31. The lowest BCUT2D eigenvalue weighted by Crippen LogP contribution is -2.10. The van der Waals surface area contributed by atoms with Crippen LogP contribution in [-0.4, -0.2) is 15.4 Å². The Hall–Kier alpha value is -3.12. The molecule has 0 unspecified atom stereocenters. The number of benzene rings is 1. The van der Waals surface area contributed by atoms with Gasteiger partial charge in [-0.1, -0.05) is 17.7 Å². The molecule has 0 aliphatic heterocycles. The van der Waals surface area contributed by atoms with E-state index in [9.17, 15) is 9.59 Å². The zero-order chi connectivity index (χ0) is 18.3. The van der Waals surface area contributed by atoms with E-state index in [-0.39, 0.29) is 23.4 Å². The molecule has 26 heavy (non-hydrogen) atoms. The minimum absolute atomic E-state index is 0.0259. The predicted molar refractivity (Wildman–Crippen MR) is 96.5 cm³/mol. The molecule has 1 aromatic carbocycles. The average molecular weight is 369 g/mol. The van der Waals surface area contributed by atoms with Gasteiger partial charge in [0.25, 0.3) is 0 Å². The van der Waals surface area contributed by atoms with Crippen molar-refractivity contribution in [3.8, 4) is 0 Å². The minimum Gasteiger partial charge on any atom is -0.453 e. The topological polar surface area (TPSA) is 73.8 Å². The third kappa shape index (κ3) is 3.07. The zero-order valence-corrected chi connectivity index (χ0v) is 14.5. The van der Waals surface area contributed by atoms with Gasteiger partial charge >= 0.3 is 5.97 Å². The fourth-order valence-corrected chi connectivity index (χ4v) is 2.84. The van der Waals surface area contributed by atoms with Crippen LogP contribution in [0.5, 0.6) is 0 Å². The summed E-state index contributed by atoms with van der Waals surface area (Å²) in [6.07, 6.45) is 3.72. The number of ether oxygens (including phenoxy) is 1. The molecule has 0 aliphatic carbocycles. The fourth-order valence-electron chi connectivity index (χ4n) is 2.66. The van der Waals surface area contributed by atoms with E-state index in [1.807, 2.05) is 29.7 Å². The van der Waals surface area contributed by atoms with Crippen LogP contribution in [0, 0.1) is 6.92 Å². The van der Waals surface area contributed by atoms with Crippen molar-refractivity contribution < 1.29 is 13.9 Å². The Labute approximate surface area is 152 Å². The molecule has 0 N–H and O–H groups in total. The van der Waals surface area contributed by atoms with Crippen LogP contribution in [0.1, 0.15) is 21.8 Å². The van der Waals surface area contributed by atoms with Crippen LogP contribution in [0.2, 0.25) is 5.02 Å². The normalized spacial score (nSPS) is 11.2. The highest BCUT2D eigenvalue weighted by atomic mass is 35.5. The summed E-state index contributed by atoms with van der Waals surface area (Å²) >= 11 is 5.87. The number of halogens is 1. The molecule has 0 spiro atoms. The molecule has 3 heterocycles. The number of carbonyl (C=O) groups is 1. The Morgan fingerprint density at radius 3 is 2.92 bits per heavy atom. The summed E-state index contributed by atoms with van der Waals surface area (Å²) in [5.41, 5.74) is 2.37. The summed E-state index contributed by atoms with van der Waals surface area (Å²) in [5, 5.41) is 0.729. The number of fused-ring (bicyclic) bond motifs is 2. The summed E-state index contributed by atoms with van der Waals surface area (Å²) < 4.78 is 12.6. The maximum atomic E-state index is 12.2. The van der Waals surface area contributed by atoms with Crippen molar-refractivity contribution in [3.05, 3.63) is 81.1 Å². The Balaban J connectivity index is 1.56. The minimum atomic E-state index is -0.729. The molecule has 0 amide bonds. The number of aromatic nitrogens is 2. The second-order valence-electron chi connectivity index (χ2n) is 5.90. The lowest BCUT2D eigenvalue weighted by molar-refractivity contribution is 0.0432. The highest BCUT2D eigenvalue weighted by Gasteiger charge is 2.15. The van der Waals surface area contributed by atoms with Crippen LogP contribution in [0.15, 0.2) is 58.0 Å². The number of pyridine rings is 1. The molecule has 0 fully saturated rings. The number of carbonyl (C=O) groups excluding carboxylic acids is 1. The fraction of sp³-hybridized carbons (Fsp3) is 0.105.